The number of Topliss-reactive ketones (excluding diaryl/α,β-unsaturated/α-hetero) is 1. The summed E-state index contributed by atoms with van der Waals surface area (Å²) in [5.41, 5.74) is 1.23. The summed E-state index contributed by atoms with van der Waals surface area (Å²) in [5.74, 6) is 3.26. The fourth-order valence-corrected chi connectivity index (χ4v) is 4.89. The molecular formula is C19H21Cl2NO2. The highest BCUT2D eigenvalue weighted by molar-refractivity contribution is 6.30. The van der Waals surface area contributed by atoms with Crippen LogP contribution in [0.5, 0.6) is 0 Å². The van der Waals surface area contributed by atoms with Gasteiger partial charge in [-0.15, -0.1) is 12.4 Å². The smallest absolute Gasteiger partial charge is 0.181 e. The van der Waals surface area contributed by atoms with Crippen LogP contribution < -0.4 is 0 Å². The van der Waals surface area contributed by atoms with Gasteiger partial charge in [-0.1, -0.05) is 29.7 Å². The van der Waals surface area contributed by atoms with Gasteiger partial charge in [-0.05, 0) is 42.9 Å². The average molecular weight is 366 g/mol. The van der Waals surface area contributed by atoms with Crippen molar-refractivity contribution >= 4 is 29.8 Å². The maximum absolute atomic E-state index is 13.0. The van der Waals surface area contributed by atoms with Gasteiger partial charge in [0.25, 0.3) is 0 Å². The molecule has 4 unspecified atom stereocenters. The van der Waals surface area contributed by atoms with E-state index in [0.29, 0.717) is 18.6 Å². The fraction of sp³-hybridized carbons (Fsp3) is 0.526. The van der Waals surface area contributed by atoms with Gasteiger partial charge in [-0.2, -0.15) is 0 Å². The Balaban J connectivity index is 0.00000169. The minimum Gasteiger partial charge on any atom is -0.434 e. The Morgan fingerprint density at radius 2 is 2.00 bits per heavy atom. The lowest BCUT2D eigenvalue weighted by atomic mass is 9.70. The van der Waals surface area contributed by atoms with Gasteiger partial charge in [0.1, 0.15) is 6.11 Å². The molecule has 24 heavy (non-hydrogen) atoms. The zero-order valence-electron chi connectivity index (χ0n) is 13.6. The molecule has 0 amide bonds. The molecule has 3 heterocycles. The number of piperidine rings is 2. The van der Waals surface area contributed by atoms with Gasteiger partial charge >= 0.3 is 0 Å². The van der Waals surface area contributed by atoms with Crippen LogP contribution in [0.2, 0.25) is 5.02 Å². The predicted octanol–water partition coefficient (Wildman–Crippen LogP) is 3.65. The second kappa shape index (κ2) is 6.96. The Morgan fingerprint density at radius 1 is 1.25 bits per heavy atom. The number of carbonyl (C=O) groups is 1. The van der Waals surface area contributed by atoms with E-state index in [1.165, 1.54) is 12.0 Å². The van der Waals surface area contributed by atoms with Gasteiger partial charge < -0.3 is 4.74 Å². The number of ether oxygens (including phenoxy) is 1. The van der Waals surface area contributed by atoms with Gasteiger partial charge in [0.15, 0.2) is 11.9 Å². The maximum Gasteiger partial charge on any atom is 0.181 e. The first kappa shape index (κ1) is 17.6. The van der Waals surface area contributed by atoms with Crippen molar-refractivity contribution in [2.24, 2.45) is 5.92 Å². The van der Waals surface area contributed by atoms with Crippen LogP contribution in [-0.4, -0.2) is 35.4 Å². The first-order valence-electron chi connectivity index (χ1n) is 8.31. The lowest BCUT2D eigenvalue weighted by Crippen LogP contribution is -2.61. The molecule has 4 rings (SSSR count). The Kier molecular flexibility index (Phi) is 5.11. The molecule has 5 heteroatoms. The fourth-order valence-electron chi connectivity index (χ4n) is 4.76. The number of rotatable bonds is 2. The van der Waals surface area contributed by atoms with Gasteiger partial charge in [0, 0.05) is 36.5 Å². The molecule has 3 saturated heterocycles. The van der Waals surface area contributed by atoms with E-state index in [1.807, 2.05) is 12.1 Å². The summed E-state index contributed by atoms with van der Waals surface area (Å²) >= 11 is 6.02. The van der Waals surface area contributed by atoms with Crippen LogP contribution in [-0.2, 0) is 9.53 Å². The number of ketones is 1. The molecule has 1 aromatic carbocycles. The van der Waals surface area contributed by atoms with Crippen LogP contribution >= 0.6 is 24.0 Å². The third kappa shape index (κ3) is 2.81. The lowest BCUT2D eigenvalue weighted by molar-refractivity contribution is -0.145. The molecule has 0 aromatic heterocycles. The second-order valence-corrected chi connectivity index (χ2v) is 7.21. The molecule has 6 atom stereocenters. The minimum absolute atomic E-state index is 0. The molecule has 0 saturated carbocycles. The van der Waals surface area contributed by atoms with E-state index >= 15 is 0 Å². The third-order valence-corrected chi connectivity index (χ3v) is 5.94. The summed E-state index contributed by atoms with van der Waals surface area (Å²) in [6.45, 7) is 2.43. The Bertz CT molecular complexity index is 679. The summed E-state index contributed by atoms with van der Waals surface area (Å²) in [6.07, 6.45) is 5.60. The molecule has 128 valence electrons. The summed E-state index contributed by atoms with van der Waals surface area (Å²) in [4.78, 5) is 15.5. The molecule has 4 bridgehead atoms. The highest BCUT2D eigenvalue weighted by Crippen LogP contribution is 2.50. The Hall–Kier alpha value is -1.21. The van der Waals surface area contributed by atoms with E-state index in [1.54, 1.807) is 6.92 Å². The molecule has 3 nitrogen and oxygen atoms in total. The summed E-state index contributed by atoms with van der Waals surface area (Å²) < 4.78 is 5.54. The number of carbonyl (C=O) groups excluding carboxylic acids is 1. The molecular weight excluding hydrogens is 345 g/mol. The number of nitrogens with zero attached hydrogens (tertiary/aromatic N) is 1. The van der Waals surface area contributed by atoms with E-state index in [9.17, 15) is 4.79 Å². The number of hydrogen-bond acceptors (Lipinski definition) is 3. The van der Waals surface area contributed by atoms with Gasteiger partial charge in [-0.25, -0.2) is 0 Å². The quantitative estimate of drug-likeness (QED) is 0.749. The van der Waals surface area contributed by atoms with Crippen LogP contribution in [0.25, 0.3) is 0 Å². The summed E-state index contributed by atoms with van der Waals surface area (Å²) in [6, 6.07) is 8.93. The summed E-state index contributed by atoms with van der Waals surface area (Å²) in [7, 11) is 0. The van der Waals surface area contributed by atoms with E-state index in [4.69, 9.17) is 16.3 Å². The van der Waals surface area contributed by atoms with Crippen molar-refractivity contribution in [3.63, 3.8) is 0 Å². The van der Waals surface area contributed by atoms with Crippen molar-refractivity contribution in [1.82, 2.24) is 4.90 Å². The molecule has 0 radical (unpaired) electrons. The molecule has 3 aliphatic heterocycles. The second-order valence-electron chi connectivity index (χ2n) is 6.78. The van der Waals surface area contributed by atoms with Crippen molar-refractivity contribution in [2.75, 3.05) is 6.54 Å². The topological polar surface area (TPSA) is 29.5 Å². The van der Waals surface area contributed by atoms with E-state index in [2.05, 4.69) is 29.1 Å². The van der Waals surface area contributed by atoms with Crippen molar-refractivity contribution in [3.8, 4) is 12.0 Å². The highest BCUT2D eigenvalue weighted by Gasteiger charge is 2.56. The standard InChI is InChI=1S/C19H20ClNO2.ClH/c1-2-9-23-17-11-21-14-7-8-16(21)18(19(17)22)15(10-14)12-3-5-13(20)6-4-12;/h3-6,14-18H,7-8,10-11H2,1H3;1H/t14-,15-,16?,17?,18?;/m1./s1. The van der Waals surface area contributed by atoms with Crippen molar-refractivity contribution in [2.45, 2.75) is 50.3 Å². The van der Waals surface area contributed by atoms with E-state index in [0.717, 1.165) is 17.9 Å². The van der Waals surface area contributed by atoms with Crippen LogP contribution in [0.4, 0.5) is 0 Å². The monoisotopic (exact) mass is 365 g/mol. The molecule has 3 aliphatic rings. The van der Waals surface area contributed by atoms with Crippen LogP contribution in [0, 0.1) is 17.9 Å². The minimum atomic E-state index is -0.403. The maximum atomic E-state index is 13.0. The highest BCUT2D eigenvalue weighted by atomic mass is 35.5. The third-order valence-electron chi connectivity index (χ3n) is 5.69. The van der Waals surface area contributed by atoms with E-state index in [-0.39, 0.29) is 30.0 Å². The van der Waals surface area contributed by atoms with E-state index < -0.39 is 6.10 Å². The van der Waals surface area contributed by atoms with Crippen LogP contribution in [0.15, 0.2) is 24.3 Å². The average Bonchev–Trinajstić information content (AvgIpc) is 2.83. The van der Waals surface area contributed by atoms with Crippen LogP contribution in [0.3, 0.4) is 0 Å². The Labute approximate surface area is 154 Å². The molecule has 3 fully saturated rings. The molecule has 0 spiro atoms. The first-order valence-corrected chi connectivity index (χ1v) is 8.69. The number of hydrogen-bond donors (Lipinski definition) is 0. The Morgan fingerprint density at radius 3 is 2.71 bits per heavy atom. The first-order chi connectivity index (χ1) is 11.2. The van der Waals surface area contributed by atoms with Crippen LogP contribution in [0.1, 0.15) is 37.7 Å². The molecule has 0 aliphatic carbocycles. The van der Waals surface area contributed by atoms with Crippen molar-refractivity contribution < 1.29 is 9.53 Å². The molecule has 0 N–H and O–H groups in total. The molecule has 1 aromatic rings. The zero-order chi connectivity index (χ0) is 16.0. The predicted molar refractivity (Wildman–Crippen MR) is 96.4 cm³/mol. The number of halogens is 2. The van der Waals surface area contributed by atoms with Gasteiger partial charge in [-0.3, -0.25) is 9.69 Å². The van der Waals surface area contributed by atoms with Gasteiger partial charge in [0.05, 0.1) is 0 Å². The number of benzene rings is 1. The van der Waals surface area contributed by atoms with Crippen molar-refractivity contribution in [1.29, 1.82) is 0 Å². The lowest BCUT2D eigenvalue weighted by Gasteiger charge is -2.49. The summed E-state index contributed by atoms with van der Waals surface area (Å²) in [5, 5.41) is 0.739. The largest absolute Gasteiger partial charge is 0.434 e. The SMILES string of the molecule is CC#COC1CN2C3CC[C@@H]2C[C@H](c2ccc(Cl)cc2)C3C1=O.Cl. The normalized spacial score (nSPS) is 36.3. The van der Waals surface area contributed by atoms with Gasteiger partial charge in [0.2, 0.25) is 0 Å². The van der Waals surface area contributed by atoms with Crippen molar-refractivity contribution in [3.05, 3.63) is 34.9 Å². The zero-order valence-corrected chi connectivity index (χ0v) is 15.1.